The van der Waals surface area contributed by atoms with E-state index in [1.807, 2.05) is 25.8 Å². The first kappa shape index (κ1) is 14.6. The maximum atomic E-state index is 12.9. The topological polar surface area (TPSA) is 62.4 Å². The van der Waals surface area contributed by atoms with Crippen molar-refractivity contribution in [1.82, 2.24) is 15.0 Å². The average molecular weight is 279 g/mol. The summed E-state index contributed by atoms with van der Waals surface area (Å²) in [7, 11) is 1.88. The van der Waals surface area contributed by atoms with Crippen molar-refractivity contribution in [1.29, 1.82) is 0 Å². The van der Waals surface area contributed by atoms with E-state index < -0.39 is 0 Å². The number of likely N-dealkylation sites (N-methyl/N-ethyl adjacent to an activating group) is 1. The lowest BCUT2D eigenvalue weighted by Gasteiger charge is -2.32. The van der Waals surface area contributed by atoms with E-state index in [0.29, 0.717) is 23.8 Å². The maximum Gasteiger partial charge on any atom is 0.257 e. The van der Waals surface area contributed by atoms with Crippen LogP contribution in [0.1, 0.15) is 19.7 Å². The van der Waals surface area contributed by atoms with Crippen molar-refractivity contribution in [2.24, 2.45) is 0 Å². The number of aliphatic hydroxyl groups excluding tert-OH is 1. The molecule has 0 saturated carbocycles. The molecule has 0 unspecified atom stereocenters. The van der Waals surface area contributed by atoms with Crippen LogP contribution in [-0.4, -0.2) is 39.3 Å². The molecule has 0 aliphatic heterocycles. The molecule has 0 fully saturated rings. The first-order valence-corrected chi connectivity index (χ1v) is 6.33. The van der Waals surface area contributed by atoms with E-state index in [4.69, 9.17) is 4.52 Å². The molecule has 0 amide bonds. The van der Waals surface area contributed by atoms with E-state index in [1.54, 1.807) is 12.1 Å². The van der Waals surface area contributed by atoms with Gasteiger partial charge in [-0.05, 0) is 45.2 Å². The van der Waals surface area contributed by atoms with Crippen LogP contribution in [0.2, 0.25) is 0 Å². The number of aromatic nitrogens is 2. The summed E-state index contributed by atoms with van der Waals surface area (Å²) in [6.07, 6.45) is 0. The van der Waals surface area contributed by atoms with Crippen LogP contribution in [0.4, 0.5) is 4.39 Å². The van der Waals surface area contributed by atoms with Gasteiger partial charge in [-0.1, -0.05) is 5.16 Å². The molecule has 1 N–H and O–H groups in total. The van der Waals surface area contributed by atoms with Gasteiger partial charge in [-0.15, -0.1) is 0 Å². The van der Waals surface area contributed by atoms with E-state index in [9.17, 15) is 9.50 Å². The number of halogens is 1. The molecular weight excluding hydrogens is 261 g/mol. The van der Waals surface area contributed by atoms with Crippen LogP contribution < -0.4 is 0 Å². The number of rotatable bonds is 5. The van der Waals surface area contributed by atoms with Gasteiger partial charge in [0.1, 0.15) is 5.82 Å². The summed E-state index contributed by atoms with van der Waals surface area (Å²) >= 11 is 0. The van der Waals surface area contributed by atoms with Crippen molar-refractivity contribution < 1.29 is 14.0 Å². The average Bonchev–Trinajstić information content (AvgIpc) is 2.88. The summed E-state index contributed by atoms with van der Waals surface area (Å²) in [5.41, 5.74) is 0.311. The number of benzene rings is 1. The van der Waals surface area contributed by atoms with Crippen LogP contribution in [0, 0.1) is 5.82 Å². The Balaban J connectivity index is 2.11. The Hall–Kier alpha value is -1.79. The highest BCUT2D eigenvalue weighted by Gasteiger charge is 2.24. The number of hydrogen-bond acceptors (Lipinski definition) is 5. The maximum absolute atomic E-state index is 12.9. The fourth-order valence-electron chi connectivity index (χ4n) is 1.57. The third-order valence-corrected chi connectivity index (χ3v) is 3.36. The molecule has 2 aromatic rings. The van der Waals surface area contributed by atoms with E-state index >= 15 is 0 Å². The summed E-state index contributed by atoms with van der Waals surface area (Å²) < 4.78 is 18.0. The second kappa shape index (κ2) is 5.68. The summed E-state index contributed by atoms with van der Waals surface area (Å²) in [6.45, 7) is 4.34. The minimum Gasteiger partial charge on any atom is -0.394 e. The van der Waals surface area contributed by atoms with Crippen molar-refractivity contribution in [2.45, 2.75) is 25.9 Å². The molecule has 1 aromatic heterocycles. The molecule has 5 nitrogen and oxygen atoms in total. The molecule has 0 aliphatic rings. The van der Waals surface area contributed by atoms with Crippen LogP contribution in [0.15, 0.2) is 28.8 Å². The summed E-state index contributed by atoms with van der Waals surface area (Å²) in [5, 5.41) is 13.2. The van der Waals surface area contributed by atoms with Crippen LogP contribution in [0.5, 0.6) is 0 Å². The molecule has 0 saturated heterocycles. The van der Waals surface area contributed by atoms with Gasteiger partial charge in [0.2, 0.25) is 0 Å². The summed E-state index contributed by atoms with van der Waals surface area (Å²) in [5.74, 6) is 0.571. The minimum atomic E-state index is -0.364. The predicted molar refractivity (Wildman–Crippen MR) is 72.3 cm³/mol. The largest absolute Gasteiger partial charge is 0.394 e. The molecular formula is C14H18FN3O2. The van der Waals surface area contributed by atoms with E-state index in [-0.39, 0.29) is 18.0 Å². The normalized spacial score (nSPS) is 12.1. The van der Waals surface area contributed by atoms with Gasteiger partial charge in [0, 0.05) is 11.1 Å². The highest BCUT2D eigenvalue weighted by Crippen LogP contribution is 2.19. The summed E-state index contributed by atoms with van der Waals surface area (Å²) in [4.78, 5) is 6.21. The number of aliphatic hydroxyl groups is 1. The quantitative estimate of drug-likeness (QED) is 0.908. The zero-order valence-corrected chi connectivity index (χ0v) is 11.8. The lowest BCUT2D eigenvalue weighted by atomic mass is 10.1. The highest BCUT2D eigenvalue weighted by atomic mass is 19.1. The Labute approximate surface area is 117 Å². The van der Waals surface area contributed by atoms with Gasteiger partial charge in [-0.2, -0.15) is 4.98 Å². The van der Waals surface area contributed by atoms with E-state index in [1.165, 1.54) is 12.1 Å². The smallest absolute Gasteiger partial charge is 0.257 e. The number of nitrogens with zero attached hydrogens (tertiary/aromatic N) is 3. The Bertz CT molecular complexity index is 566. The first-order chi connectivity index (χ1) is 9.42. The van der Waals surface area contributed by atoms with Gasteiger partial charge in [0.05, 0.1) is 13.2 Å². The van der Waals surface area contributed by atoms with Gasteiger partial charge >= 0.3 is 0 Å². The molecule has 108 valence electrons. The Morgan fingerprint density at radius 3 is 2.55 bits per heavy atom. The van der Waals surface area contributed by atoms with Crippen LogP contribution in [0.25, 0.3) is 11.5 Å². The molecule has 0 atom stereocenters. The van der Waals surface area contributed by atoms with Crippen LogP contribution in [0.3, 0.4) is 0 Å². The van der Waals surface area contributed by atoms with E-state index in [2.05, 4.69) is 10.1 Å². The molecule has 2 rings (SSSR count). The Morgan fingerprint density at radius 1 is 1.30 bits per heavy atom. The van der Waals surface area contributed by atoms with Crippen molar-refractivity contribution in [3.8, 4) is 11.5 Å². The lowest BCUT2D eigenvalue weighted by Crippen LogP contribution is -2.43. The first-order valence-electron chi connectivity index (χ1n) is 6.33. The molecule has 0 radical (unpaired) electrons. The molecule has 1 heterocycles. The monoisotopic (exact) mass is 279 g/mol. The van der Waals surface area contributed by atoms with Crippen LogP contribution in [-0.2, 0) is 6.54 Å². The van der Waals surface area contributed by atoms with Gasteiger partial charge < -0.3 is 9.63 Å². The van der Waals surface area contributed by atoms with Crippen LogP contribution >= 0.6 is 0 Å². The van der Waals surface area contributed by atoms with Crippen molar-refractivity contribution in [2.75, 3.05) is 13.7 Å². The van der Waals surface area contributed by atoms with E-state index in [0.717, 1.165) is 0 Å². The third-order valence-electron chi connectivity index (χ3n) is 3.36. The fraction of sp³-hybridized carbons (Fsp3) is 0.429. The SMILES string of the molecule is CN(Cc1noc(-c2ccc(F)cc2)n1)C(C)(C)CO. The minimum absolute atomic E-state index is 0.0339. The lowest BCUT2D eigenvalue weighted by molar-refractivity contribution is 0.0708. The number of hydrogen-bond donors (Lipinski definition) is 1. The molecule has 6 heteroatoms. The fourth-order valence-corrected chi connectivity index (χ4v) is 1.57. The third kappa shape index (κ3) is 3.20. The highest BCUT2D eigenvalue weighted by molar-refractivity contribution is 5.52. The Kier molecular flexibility index (Phi) is 4.15. The molecule has 0 spiro atoms. The van der Waals surface area contributed by atoms with Gasteiger partial charge in [-0.25, -0.2) is 4.39 Å². The van der Waals surface area contributed by atoms with Gasteiger partial charge in [0.15, 0.2) is 5.82 Å². The molecule has 20 heavy (non-hydrogen) atoms. The van der Waals surface area contributed by atoms with Crippen molar-refractivity contribution >= 4 is 0 Å². The summed E-state index contributed by atoms with van der Waals surface area (Å²) in [6, 6.07) is 5.88. The van der Waals surface area contributed by atoms with Gasteiger partial charge in [-0.3, -0.25) is 4.90 Å². The standard InChI is InChI=1S/C14H18FN3O2/c1-14(2,9-19)18(3)8-12-16-13(20-17-12)10-4-6-11(15)7-5-10/h4-7,19H,8-9H2,1-3H3. The van der Waals surface area contributed by atoms with Gasteiger partial charge in [0.25, 0.3) is 5.89 Å². The molecule has 0 aliphatic carbocycles. The second-order valence-electron chi connectivity index (χ2n) is 5.35. The predicted octanol–water partition coefficient (Wildman–Crippen LogP) is 2.08. The molecule has 1 aromatic carbocycles. The second-order valence-corrected chi connectivity index (χ2v) is 5.35. The zero-order chi connectivity index (χ0) is 14.8. The zero-order valence-electron chi connectivity index (χ0n) is 11.8. The molecule has 0 bridgehead atoms. The van der Waals surface area contributed by atoms with Crippen molar-refractivity contribution in [3.63, 3.8) is 0 Å². The van der Waals surface area contributed by atoms with Crippen molar-refractivity contribution in [3.05, 3.63) is 35.9 Å². The Morgan fingerprint density at radius 2 is 1.95 bits per heavy atom.